The highest BCUT2D eigenvalue weighted by Gasteiger charge is 2.73. The van der Waals surface area contributed by atoms with Crippen molar-refractivity contribution in [1.82, 2.24) is 0 Å². The van der Waals surface area contributed by atoms with Crippen LogP contribution in [0.3, 0.4) is 0 Å². The van der Waals surface area contributed by atoms with Crippen LogP contribution in [0.25, 0.3) is 0 Å². The van der Waals surface area contributed by atoms with Crippen molar-refractivity contribution >= 4 is 27.0 Å². The van der Waals surface area contributed by atoms with Gasteiger partial charge in [0, 0.05) is 12.5 Å². The summed E-state index contributed by atoms with van der Waals surface area (Å²) >= 11 is 5.31. The molecule has 0 aliphatic heterocycles. The third kappa shape index (κ3) is 2.99. The summed E-state index contributed by atoms with van der Waals surface area (Å²) in [6.07, 6.45) is 0. The van der Waals surface area contributed by atoms with Crippen LogP contribution in [-0.2, 0) is 14.6 Å². The Bertz CT molecular complexity index is 853. The Morgan fingerprint density at radius 3 is 2.20 bits per heavy atom. The Balaban J connectivity index is 2.10. The zero-order valence-corrected chi connectivity index (χ0v) is 15.6. The summed E-state index contributed by atoms with van der Waals surface area (Å²) in [4.78, 5) is 0.481. The molecular formula is C19H21NO3S2. The van der Waals surface area contributed by atoms with Crippen molar-refractivity contribution in [2.24, 2.45) is 11.1 Å². The lowest BCUT2D eigenvalue weighted by Gasteiger charge is -2.17. The molecule has 25 heavy (non-hydrogen) atoms. The van der Waals surface area contributed by atoms with Crippen LogP contribution in [0.4, 0.5) is 0 Å². The first-order valence-corrected chi connectivity index (χ1v) is 10.1. The van der Waals surface area contributed by atoms with Gasteiger partial charge in [-0.3, -0.25) is 0 Å². The van der Waals surface area contributed by atoms with E-state index in [-0.39, 0.29) is 22.4 Å². The number of benzene rings is 2. The topological polar surface area (TPSA) is 69.4 Å². The second-order valence-corrected chi connectivity index (χ2v) is 8.72. The van der Waals surface area contributed by atoms with Crippen molar-refractivity contribution in [1.29, 1.82) is 0 Å². The first-order chi connectivity index (χ1) is 12.0. The molecule has 3 atom stereocenters. The van der Waals surface area contributed by atoms with Crippen LogP contribution >= 0.6 is 12.2 Å². The molecule has 1 saturated carbocycles. The molecule has 0 saturated heterocycles. The molecule has 1 aliphatic carbocycles. The standard InChI is InChI=1S/C19H21NO3S2/c1-2-23-13-19(18(20)24)16(14-9-5-3-6-10-14)17(19)25(21,22)15-11-7-4-8-12-15/h3-12,16-17H,2,13H2,1H3,(H2,20,24)/t16-,17+,19-/m1/s1. The van der Waals surface area contributed by atoms with Crippen LogP contribution in [0.1, 0.15) is 18.4 Å². The van der Waals surface area contributed by atoms with E-state index in [1.165, 1.54) is 0 Å². The fraction of sp³-hybridized carbons (Fsp3) is 0.316. The van der Waals surface area contributed by atoms with Gasteiger partial charge in [-0.15, -0.1) is 0 Å². The molecule has 0 radical (unpaired) electrons. The zero-order chi connectivity index (χ0) is 18.1. The molecule has 132 valence electrons. The monoisotopic (exact) mass is 375 g/mol. The van der Waals surface area contributed by atoms with E-state index in [9.17, 15) is 8.42 Å². The molecule has 0 spiro atoms. The SMILES string of the molecule is CCOC[C@@]1(C(N)=S)[C@H](c2ccccc2)[C@@H]1S(=O)(=O)c1ccccc1. The third-order valence-corrected chi connectivity index (χ3v) is 7.50. The minimum absolute atomic E-state index is 0.194. The molecule has 2 aromatic carbocycles. The minimum Gasteiger partial charge on any atom is -0.393 e. The number of rotatable bonds is 7. The predicted octanol–water partition coefficient (Wildman–Crippen LogP) is 2.94. The van der Waals surface area contributed by atoms with Crippen LogP contribution in [0.15, 0.2) is 65.6 Å². The molecule has 2 aromatic rings. The smallest absolute Gasteiger partial charge is 0.182 e. The van der Waals surface area contributed by atoms with Crippen LogP contribution in [0.2, 0.25) is 0 Å². The van der Waals surface area contributed by atoms with Crippen molar-refractivity contribution in [2.75, 3.05) is 13.2 Å². The maximum absolute atomic E-state index is 13.3. The van der Waals surface area contributed by atoms with Gasteiger partial charge in [-0.2, -0.15) is 0 Å². The number of nitrogens with two attached hydrogens (primary N) is 1. The summed E-state index contributed by atoms with van der Waals surface area (Å²) in [5.41, 5.74) is 6.10. The maximum atomic E-state index is 13.3. The Morgan fingerprint density at radius 2 is 1.68 bits per heavy atom. The van der Waals surface area contributed by atoms with E-state index in [4.69, 9.17) is 22.7 Å². The van der Waals surface area contributed by atoms with Gasteiger partial charge >= 0.3 is 0 Å². The van der Waals surface area contributed by atoms with E-state index >= 15 is 0 Å². The van der Waals surface area contributed by atoms with Gasteiger partial charge in [0.1, 0.15) is 0 Å². The van der Waals surface area contributed by atoms with Crippen LogP contribution in [-0.4, -0.2) is 31.9 Å². The van der Waals surface area contributed by atoms with E-state index in [1.807, 2.05) is 37.3 Å². The second-order valence-electron chi connectivity index (χ2n) is 6.21. The van der Waals surface area contributed by atoms with E-state index in [2.05, 4.69) is 0 Å². The van der Waals surface area contributed by atoms with Crippen molar-refractivity contribution in [3.8, 4) is 0 Å². The quantitative estimate of drug-likeness (QED) is 0.754. The van der Waals surface area contributed by atoms with Crippen LogP contribution in [0, 0.1) is 5.41 Å². The zero-order valence-electron chi connectivity index (χ0n) is 14.0. The van der Waals surface area contributed by atoms with E-state index < -0.39 is 20.5 Å². The molecule has 3 rings (SSSR count). The minimum atomic E-state index is -3.59. The summed E-state index contributed by atoms with van der Waals surface area (Å²) in [6.45, 7) is 2.55. The highest BCUT2D eigenvalue weighted by Crippen LogP contribution is 2.64. The van der Waals surface area contributed by atoms with Gasteiger partial charge in [0.15, 0.2) is 9.84 Å². The largest absolute Gasteiger partial charge is 0.393 e. The van der Waals surface area contributed by atoms with Crippen LogP contribution in [0.5, 0.6) is 0 Å². The van der Waals surface area contributed by atoms with E-state index in [1.54, 1.807) is 30.3 Å². The number of thiocarbonyl (C=S) groups is 1. The molecule has 2 N–H and O–H groups in total. The Labute approximate surface area is 153 Å². The summed E-state index contributed by atoms with van der Waals surface area (Å²) in [7, 11) is -3.59. The molecule has 0 unspecified atom stereocenters. The lowest BCUT2D eigenvalue weighted by molar-refractivity contribution is 0.121. The molecule has 0 aromatic heterocycles. The molecule has 0 bridgehead atoms. The summed E-state index contributed by atoms with van der Waals surface area (Å²) < 4.78 is 32.2. The van der Waals surface area contributed by atoms with E-state index in [0.29, 0.717) is 6.61 Å². The van der Waals surface area contributed by atoms with Gasteiger partial charge in [-0.25, -0.2) is 8.42 Å². The summed E-state index contributed by atoms with van der Waals surface area (Å²) in [5, 5.41) is -0.714. The number of hydrogen-bond donors (Lipinski definition) is 1. The fourth-order valence-corrected chi connectivity index (χ4v) is 6.35. The number of ether oxygens (including phenoxy) is 1. The first-order valence-electron chi connectivity index (χ1n) is 8.17. The highest BCUT2D eigenvalue weighted by atomic mass is 32.2. The van der Waals surface area contributed by atoms with Crippen molar-refractivity contribution in [3.63, 3.8) is 0 Å². The lowest BCUT2D eigenvalue weighted by atomic mass is 10.00. The Hall–Kier alpha value is -1.76. The van der Waals surface area contributed by atoms with Gasteiger partial charge in [-0.1, -0.05) is 60.7 Å². The lowest BCUT2D eigenvalue weighted by Crippen LogP contribution is -2.33. The van der Waals surface area contributed by atoms with Crippen molar-refractivity contribution < 1.29 is 13.2 Å². The highest BCUT2D eigenvalue weighted by molar-refractivity contribution is 7.92. The molecule has 1 aliphatic rings. The number of sulfone groups is 1. The maximum Gasteiger partial charge on any atom is 0.182 e. The van der Waals surface area contributed by atoms with Gasteiger partial charge in [-0.05, 0) is 24.6 Å². The summed E-state index contributed by atoms with van der Waals surface area (Å²) in [6, 6.07) is 18.0. The van der Waals surface area contributed by atoms with E-state index in [0.717, 1.165) is 5.56 Å². The third-order valence-electron chi connectivity index (χ3n) is 4.82. The molecule has 0 heterocycles. The molecule has 6 heteroatoms. The van der Waals surface area contributed by atoms with Gasteiger partial charge < -0.3 is 10.5 Å². The molecule has 4 nitrogen and oxygen atoms in total. The second kappa shape index (κ2) is 6.86. The van der Waals surface area contributed by atoms with Gasteiger partial charge in [0.2, 0.25) is 0 Å². The average Bonchev–Trinajstić information content (AvgIpc) is 3.33. The summed E-state index contributed by atoms with van der Waals surface area (Å²) in [5.74, 6) is -0.303. The fourth-order valence-electron chi connectivity index (χ4n) is 3.56. The normalized spacial score (nSPS) is 25.5. The molecular weight excluding hydrogens is 354 g/mol. The van der Waals surface area contributed by atoms with Crippen molar-refractivity contribution in [3.05, 3.63) is 66.2 Å². The predicted molar refractivity (Wildman–Crippen MR) is 102 cm³/mol. The van der Waals surface area contributed by atoms with Crippen molar-refractivity contribution in [2.45, 2.75) is 23.0 Å². The average molecular weight is 376 g/mol. The van der Waals surface area contributed by atoms with Gasteiger partial charge in [0.05, 0.1) is 27.2 Å². The first kappa shape index (κ1) is 18.0. The molecule has 1 fully saturated rings. The van der Waals surface area contributed by atoms with Crippen LogP contribution < -0.4 is 5.73 Å². The molecule has 0 amide bonds. The van der Waals surface area contributed by atoms with Gasteiger partial charge in [0.25, 0.3) is 0 Å². The Morgan fingerprint density at radius 1 is 1.12 bits per heavy atom. The number of hydrogen-bond acceptors (Lipinski definition) is 4. The Kier molecular flexibility index (Phi) is 4.95.